The number of halogens is 1. The minimum Gasteiger partial charge on any atom is -0.497 e. The Balaban J connectivity index is 1.56. The Hall–Kier alpha value is -2.10. The van der Waals surface area contributed by atoms with Gasteiger partial charge in [-0.25, -0.2) is 0 Å². The van der Waals surface area contributed by atoms with Crippen LogP contribution in [0.2, 0.25) is 0 Å². The number of thioether (sulfide) groups is 1. The lowest BCUT2D eigenvalue weighted by Gasteiger charge is -2.10. The Morgan fingerprint density at radius 3 is 2.67 bits per heavy atom. The molecule has 2 aromatic carbocycles. The summed E-state index contributed by atoms with van der Waals surface area (Å²) < 4.78 is 6.82. The van der Waals surface area contributed by atoms with Gasteiger partial charge in [-0.1, -0.05) is 45.1 Å². The predicted octanol–water partition coefficient (Wildman–Crippen LogP) is 5.17. The van der Waals surface area contributed by atoms with Crippen molar-refractivity contribution < 1.29 is 9.53 Å². The maximum absolute atomic E-state index is 12.4. The molecule has 0 fully saturated rings. The number of rotatable bonds is 7. The summed E-state index contributed by atoms with van der Waals surface area (Å²) in [5.74, 6) is 0.650. The number of carbonyl (C=O) groups is 1. The number of ether oxygens (including phenoxy) is 1. The Morgan fingerprint density at radius 2 is 1.96 bits per heavy atom. The number of amides is 1. The van der Waals surface area contributed by atoms with Crippen LogP contribution in [-0.4, -0.2) is 28.5 Å². The molecule has 1 atom stereocenters. The first-order valence-corrected chi connectivity index (χ1v) is 10.5. The van der Waals surface area contributed by atoms with Crippen LogP contribution in [-0.2, 0) is 4.79 Å². The van der Waals surface area contributed by atoms with Gasteiger partial charge in [-0.3, -0.25) is 4.79 Å². The summed E-state index contributed by atoms with van der Waals surface area (Å²) in [4.78, 5) is 12.4. The van der Waals surface area contributed by atoms with Crippen LogP contribution in [0.1, 0.15) is 6.92 Å². The molecule has 140 valence electrons. The molecule has 6 nitrogen and oxygen atoms in total. The van der Waals surface area contributed by atoms with E-state index in [-0.39, 0.29) is 11.2 Å². The lowest BCUT2D eigenvalue weighted by Crippen LogP contribution is -2.22. The number of carbonyl (C=O) groups excluding carboxylic acids is 1. The zero-order valence-electron chi connectivity index (χ0n) is 14.6. The molecule has 0 spiro atoms. The minimum absolute atomic E-state index is 0.0955. The second-order valence-electron chi connectivity index (χ2n) is 5.49. The molecular weight excluding hydrogens is 448 g/mol. The standard InChI is InChI=1S/C18H17BrN4O2S2/c1-11(16(24)20-13-6-8-15(25-2)9-7-13)26-18-23-22-17(27-18)21-14-5-3-4-12(19)10-14/h3-11H,1-2H3,(H,20,24)(H,21,22). The maximum atomic E-state index is 12.4. The number of hydrogen-bond donors (Lipinski definition) is 2. The summed E-state index contributed by atoms with van der Waals surface area (Å²) in [7, 11) is 1.61. The van der Waals surface area contributed by atoms with Gasteiger partial charge < -0.3 is 15.4 Å². The van der Waals surface area contributed by atoms with Gasteiger partial charge in [0.05, 0.1) is 12.4 Å². The summed E-state index contributed by atoms with van der Waals surface area (Å²) in [5.41, 5.74) is 1.64. The van der Waals surface area contributed by atoms with E-state index in [0.717, 1.165) is 25.9 Å². The molecule has 9 heteroatoms. The van der Waals surface area contributed by atoms with Crippen molar-refractivity contribution in [2.45, 2.75) is 16.5 Å². The number of aromatic nitrogens is 2. The largest absolute Gasteiger partial charge is 0.497 e. The van der Waals surface area contributed by atoms with Crippen LogP contribution in [0.3, 0.4) is 0 Å². The molecule has 2 N–H and O–H groups in total. The van der Waals surface area contributed by atoms with Crippen molar-refractivity contribution in [3.63, 3.8) is 0 Å². The van der Waals surface area contributed by atoms with Crippen molar-refractivity contribution in [2.75, 3.05) is 17.7 Å². The SMILES string of the molecule is COc1ccc(NC(=O)C(C)Sc2nnc(Nc3cccc(Br)c3)s2)cc1. The smallest absolute Gasteiger partial charge is 0.237 e. The van der Waals surface area contributed by atoms with Crippen LogP contribution in [0.15, 0.2) is 57.3 Å². The van der Waals surface area contributed by atoms with E-state index in [2.05, 4.69) is 36.8 Å². The third kappa shape index (κ3) is 5.69. The summed E-state index contributed by atoms with van der Waals surface area (Å²) >= 11 is 6.22. The molecule has 1 unspecified atom stereocenters. The highest BCUT2D eigenvalue weighted by atomic mass is 79.9. The fraction of sp³-hybridized carbons (Fsp3) is 0.167. The zero-order valence-corrected chi connectivity index (χ0v) is 17.8. The molecule has 0 saturated carbocycles. The molecule has 3 aromatic rings. The van der Waals surface area contributed by atoms with Crippen LogP contribution in [0.4, 0.5) is 16.5 Å². The molecular formula is C18H17BrN4O2S2. The van der Waals surface area contributed by atoms with E-state index in [9.17, 15) is 4.79 Å². The fourth-order valence-electron chi connectivity index (χ4n) is 2.12. The number of methoxy groups -OCH3 is 1. The normalized spacial score (nSPS) is 11.7. The Morgan fingerprint density at radius 1 is 1.19 bits per heavy atom. The summed E-state index contributed by atoms with van der Waals surface area (Å²) in [6.07, 6.45) is 0. The molecule has 1 aromatic heterocycles. The predicted molar refractivity (Wildman–Crippen MR) is 114 cm³/mol. The highest BCUT2D eigenvalue weighted by Crippen LogP contribution is 2.31. The second kappa shape index (κ2) is 9.20. The lowest BCUT2D eigenvalue weighted by molar-refractivity contribution is -0.115. The number of benzene rings is 2. The first-order valence-electron chi connectivity index (χ1n) is 8.01. The van der Waals surface area contributed by atoms with Gasteiger partial charge >= 0.3 is 0 Å². The van der Waals surface area contributed by atoms with Gasteiger partial charge in [0.2, 0.25) is 11.0 Å². The van der Waals surface area contributed by atoms with Gasteiger partial charge in [0, 0.05) is 15.8 Å². The quantitative estimate of drug-likeness (QED) is 0.469. The molecule has 0 aliphatic carbocycles. The number of nitrogens with zero attached hydrogens (tertiary/aromatic N) is 2. The fourth-order valence-corrected chi connectivity index (χ4v) is 4.44. The number of hydrogen-bond acceptors (Lipinski definition) is 7. The van der Waals surface area contributed by atoms with Crippen LogP contribution < -0.4 is 15.4 Å². The van der Waals surface area contributed by atoms with E-state index in [1.54, 1.807) is 31.4 Å². The van der Waals surface area contributed by atoms with E-state index in [1.165, 1.54) is 23.1 Å². The van der Waals surface area contributed by atoms with Gasteiger partial charge in [0.15, 0.2) is 4.34 Å². The van der Waals surface area contributed by atoms with Crippen molar-refractivity contribution in [1.29, 1.82) is 0 Å². The van der Waals surface area contributed by atoms with E-state index in [4.69, 9.17) is 4.74 Å². The van der Waals surface area contributed by atoms with Crippen LogP contribution in [0, 0.1) is 0 Å². The van der Waals surface area contributed by atoms with Gasteiger partial charge in [-0.2, -0.15) is 0 Å². The molecule has 0 saturated heterocycles. The highest BCUT2D eigenvalue weighted by Gasteiger charge is 2.17. The first-order chi connectivity index (χ1) is 13.0. The Bertz CT molecular complexity index is 918. The minimum atomic E-state index is -0.307. The maximum Gasteiger partial charge on any atom is 0.237 e. The average molecular weight is 465 g/mol. The van der Waals surface area contributed by atoms with E-state index in [0.29, 0.717) is 5.13 Å². The van der Waals surface area contributed by atoms with Gasteiger partial charge in [0.25, 0.3) is 0 Å². The average Bonchev–Trinajstić information content (AvgIpc) is 3.09. The van der Waals surface area contributed by atoms with Gasteiger partial charge in [0.1, 0.15) is 5.75 Å². The molecule has 0 radical (unpaired) electrons. The third-order valence-corrected chi connectivity index (χ3v) is 6.00. The van der Waals surface area contributed by atoms with Gasteiger partial charge in [-0.05, 0) is 49.4 Å². The van der Waals surface area contributed by atoms with Gasteiger partial charge in [-0.15, -0.1) is 10.2 Å². The molecule has 0 bridgehead atoms. The molecule has 0 aliphatic rings. The van der Waals surface area contributed by atoms with E-state index < -0.39 is 0 Å². The molecule has 1 amide bonds. The van der Waals surface area contributed by atoms with E-state index >= 15 is 0 Å². The molecule has 1 heterocycles. The van der Waals surface area contributed by atoms with Crippen molar-refractivity contribution in [3.05, 3.63) is 53.0 Å². The van der Waals surface area contributed by atoms with Crippen LogP contribution >= 0.6 is 39.0 Å². The summed E-state index contributed by atoms with van der Waals surface area (Å²) in [5, 5.41) is 14.7. The monoisotopic (exact) mass is 464 g/mol. The highest BCUT2D eigenvalue weighted by molar-refractivity contribution is 9.10. The second-order valence-corrected chi connectivity index (χ2v) is 8.97. The number of nitrogens with one attached hydrogen (secondary N) is 2. The molecule has 3 rings (SSSR count). The van der Waals surface area contributed by atoms with Crippen LogP contribution in [0.5, 0.6) is 5.75 Å². The van der Waals surface area contributed by atoms with Crippen molar-refractivity contribution in [1.82, 2.24) is 10.2 Å². The molecule has 0 aliphatic heterocycles. The third-order valence-electron chi connectivity index (χ3n) is 3.49. The number of anilines is 3. The summed E-state index contributed by atoms with van der Waals surface area (Å²) in [6, 6.07) is 15.0. The first kappa shape index (κ1) is 19.7. The summed E-state index contributed by atoms with van der Waals surface area (Å²) in [6.45, 7) is 1.84. The lowest BCUT2D eigenvalue weighted by atomic mass is 10.3. The van der Waals surface area contributed by atoms with Crippen LogP contribution in [0.25, 0.3) is 0 Å². The van der Waals surface area contributed by atoms with E-state index in [1.807, 2.05) is 31.2 Å². The topological polar surface area (TPSA) is 76.1 Å². The molecule has 27 heavy (non-hydrogen) atoms. The Labute approximate surface area is 173 Å². The van der Waals surface area contributed by atoms with Crippen molar-refractivity contribution in [3.8, 4) is 5.75 Å². The zero-order chi connectivity index (χ0) is 19.2. The van der Waals surface area contributed by atoms with Crippen molar-refractivity contribution in [2.24, 2.45) is 0 Å². The Kier molecular flexibility index (Phi) is 6.70. The van der Waals surface area contributed by atoms with Crippen molar-refractivity contribution >= 4 is 61.4 Å².